The van der Waals surface area contributed by atoms with Crippen LogP contribution in [0, 0.1) is 25.6 Å². The Kier molecular flexibility index (Phi) is 7.66. The van der Waals surface area contributed by atoms with Crippen LogP contribution in [0.25, 0.3) is 22.2 Å². The van der Waals surface area contributed by atoms with Gasteiger partial charge >= 0.3 is 6.36 Å². The summed E-state index contributed by atoms with van der Waals surface area (Å²) in [6.45, 7) is 8.11. The highest BCUT2D eigenvalue weighted by Gasteiger charge is 2.32. The number of ether oxygens (including phenoxy) is 2. The smallest absolute Gasteiger partial charge is 0.403 e. The van der Waals surface area contributed by atoms with E-state index in [9.17, 15) is 17.6 Å². The summed E-state index contributed by atoms with van der Waals surface area (Å²) in [5, 5.41) is 4.07. The van der Waals surface area contributed by atoms with Crippen molar-refractivity contribution in [3.05, 3.63) is 65.1 Å². The summed E-state index contributed by atoms with van der Waals surface area (Å²) < 4.78 is 68.9. The van der Waals surface area contributed by atoms with Crippen molar-refractivity contribution in [2.24, 2.45) is 5.92 Å². The van der Waals surface area contributed by atoms with Crippen molar-refractivity contribution in [1.82, 2.24) is 14.7 Å². The van der Waals surface area contributed by atoms with Crippen LogP contribution in [0.5, 0.6) is 5.75 Å². The number of fused-ring (bicyclic) bond motifs is 1. The van der Waals surface area contributed by atoms with E-state index in [-0.39, 0.29) is 5.92 Å². The molecule has 0 radical (unpaired) electrons. The Bertz CT molecular complexity index is 1430. The average molecular weight is 546 g/mol. The Balaban J connectivity index is 1.46. The normalized spacial score (nSPS) is 15.7. The van der Waals surface area contributed by atoms with Crippen molar-refractivity contribution >= 4 is 11.0 Å². The van der Waals surface area contributed by atoms with E-state index in [1.807, 2.05) is 32.9 Å². The lowest BCUT2D eigenvalue weighted by atomic mass is 9.96. The molecule has 1 saturated heterocycles. The SMILES string of the molecule is Cc1noc(C)c1-c1ccc2c(c1)nc(C(C)Cc1ccc(OC(F)(F)F)c(F)c1)n2CCC1CCOCC1. The second-order valence-electron chi connectivity index (χ2n) is 10.3. The average Bonchev–Trinajstić information content (AvgIpc) is 3.42. The molecule has 5 rings (SSSR count). The summed E-state index contributed by atoms with van der Waals surface area (Å²) in [5.41, 5.74) is 5.11. The van der Waals surface area contributed by atoms with Crippen molar-refractivity contribution < 1.29 is 31.6 Å². The van der Waals surface area contributed by atoms with Gasteiger partial charge in [0.15, 0.2) is 11.6 Å². The van der Waals surface area contributed by atoms with Gasteiger partial charge < -0.3 is 18.6 Å². The van der Waals surface area contributed by atoms with Crippen molar-refractivity contribution in [1.29, 1.82) is 0 Å². The first kappa shape index (κ1) is 27.2. The molecule has 208 valence electrons. The number of imidazole rings is 1. The summed E-state index contributed by atoms with van der Waals surface area (Å²) in [7, 11) is 0. The molecule has 39 heavy (non-hydrogen) atoms. The number of alkyl halides is 3. The van der Waals surface area contributed by atoms with Gasteiger partial charge in [0, 0.05) is 31.2 Å². The van der Waals surface area contributed by atoms with Gasteiger partial charge in [0.05, 0.1) is 16.7 Å². The second kappa shape index (κ2) is 11.0. The Morgan fingerprint density at radius 3 is 2.54 bits per heavy atom. The number of nitrogens with zero attached hydrogens (tertiary/aromatic N) is 3. The molecule has 1 aliphatic rings. The number of halogens is 4. The lowest BCUT2D eigenvalue weighted by molar-refractivity contribution is -0.275. The summed E-state index contributed by atoms with van der Waals surface area (Å²) in [4.78, 5) is 5.01. The fraction of sp³-hybridized carbons (Fsp3) is 0.448. The first-order chi connectivity index (χ1) is 18.6. The maximum absolute atomic E-state index is 14.4. The lowest BCUT2D eigenvalue weighted by Gasteiger charge is -2.23. The third-order valence-corrected chi connectivity index (χ3v) is 7.41. The highest BCUT2D eigenvalue weighted by atomic mass is 19.4. The molecule has 1 atom stereocenters. The molecule has 6 nitrogen and oxygen atoms in total. The number of benzene rings is 2. The molecule has 0 bridgehead atoms. The van der Waals surface area contributed by atoms with Crippen molar-refractivity contribution in [3.63, 3.8) is 0 Å². The number of aryl methyl sites for hydroxylation is 3. The molecule has 0 spiro atoms. The van der Waals surface area contributed by atoms with Gasteiger partial charge in [-0.2, -0.15) is 0 Å². The summed E-state index contributed by atoms with van der Waals surface area (Å²) in [6, 6.07) is 9.73. The van der Waals surface area contributed by atoms with Gasteiger partial charge in [-0.1, -0.05) is 24.2 Å². The van der Waals surface area contributed by atoms with E-state index in [2.05, 4.69) is 20.5 Å². The predicted molar refractivity (Wildman–Crippen MR) is 138 cm³/mol. The van der Waals surface area contributed by atoms with E-state index < -0.39 is 17.9 Å². The minimum absolute atomic E-state index is 0.122. The highest BCUT2D eigenvalue weighted by molar-refractivity contribution is 5.83. The van der Waals surface area contributed by atoms with E-state index in [0.29, 0.717) is 17.9 Å². The van der Waals surface area contributed by atoms with Crippen LogP contribution < -0.4 is 4.74 Å². The van der Waals surface area contributed by atoms with E-state index in [1.165, 1.54) is 6.07 Å². The summed E-state index contributed by atoms with van der Waals surface area (Å²) >= 11 is 0. The Morgan fingerprint density at radius 2 is 1.87 bits per heavy atom. The number of hydrogen-bond donors (Lipinski definition) is 0. The molecule has 4 aromatic rings. The maximum Gasteiger partial charge on any atom is 0.573 e. The zero-order chi connectivity index (χ0) is 27.7. The fourth-order valence-corrected chi connectivity index (χ4v) is 5.48. The van der Waals surface area contributed by atoms with Crippen LogP contribution in [0.3, 0.4) is 0 Å². The number of rotatable bonds is 8. The quantitative estimate of drug-likeness (QED) is 0.215. The minimum atomic E-state index is -4.95. The van der Waals surface area contributed by atoms with Crippen LogP contribution in [-0.4, -0.2) is 34.3 Å². The van der Waals surface area contributed by atoms with Crippen LogP contribution in [0.4, 0.5) is 17.6 Å². The topological polar surface area (TPSA) is 62.3 Å². The highest BCUT2D eigenvalue weighted by Crippen LogP contribution is 2.33. The molecule has 1 aliphatic heterocycles. The van der Waals surface area contributed by atoms with Gasteiger partial charge in [0.25, 0.3) is 0 Å². The predicted octanol–water partition coefficient (Wildman–Crippen LogP) is 7.51. The molecule has 3 heterocycles. The Hall–Kier alpha value is -3.40. The molecule has 0 aliphatic carbocycles. The Morgan fingerprint density at radius 1 is 1.10 bits per heavy atom. The second-order valence-corrected chi connectivity index (χ2v) is 10.3. The number of hydrogen-bond acceptors (Lipinski definition) is 5. The van der Waals surface area contributed by atoms with Crippen LogP contribution >= 0.6 is 0 Å². The molecular formula is C29H31F4N3O3. The maximum atomic E-state index is 14.4. The molecule has 0 amide bonds. The molecule has 2 aromatic carbocycles. The van der Waals surface area contributed by atoms with E-state index >= 15 is 0 Å². The van der Waals surface area contributed by atoms with E-state index in [0.717, 1.165) is 90.6 Å². The summed E-state index contributed by atoms with van der Waals surface area (Å²) in [6.07, 6.45) is -1.51. The van der Waals surface area contributed by atoms with Gasteiger partial charge in [0.2, 0.25) is 0 Å². The largest absolute Gasteiger partial charge is 0.573 e. The van der Waals surface area contributed by atoms with Gasteiger partial charge in [-0.3, -0.25) is 0 Å². The molecule has 0 saturated carbocycles. The van der Waals surface area contributed by atoms with Gasteiger partial charge in [-0.05, 0) is 80.8 Å². The molecular weight excluding hydrogens is 514 g/mol. The van der Waals surface area contributed by atoms with Crippen LogP contribution in [-0.2, 0) is 17.7 Å². The van der Waals surface area contributed by atoms with E-state index in [1.54, 1.807) is 0 Å². The van der Waals surface area contributed by atoms with Crippen molar-refractivity contribution in [3.8, 4) is 16.9 Å². The lowest BCUT2D eigenvalue weighted by Crippen LogP contribution is -2.18. The fourth-order valence-electron chi connectivity index (χ4n) is 5.48. The van der Waals surface area contributed by atoms with Gasteiger partial charge in [-0.15, -0.1) is 13.2 Å². The van der Waals surface area contributed by atoms with Gasteiger partial charge in [0.1, 0.15) is 11.6 Å². The minimum Gasteiger partial charge on any atom is -0.403 e. The van der Waals surface area contributed by atoms with Gasteiger partial charge in [-0.25, -0.2) is 9.37 Å². The first-order valence-electron chi connectivity index (χ1n) is 13.1. The molecule has 1 unspecified atom stereocenters. The van der Waals surface area contributed by atoms with Crippen molar-refractivity contribution in [2.75, 3.05) is 13.2 Å². The summed E-state index contributed by atoms with van der Waals surface area (Å²) in [5.74, 6) is 0.145. The van der Waals surface area contributed by atoms with Crippen molar-refractivity contribution in [2.45, 2.75) is 65.3 Å². The molecule has 10 heteroatoms. The van der Waals surface area contributed by atoms with Crippen LogP contribution in [0.1, 0.15) is 54.9 Å². The zero-order valence-corrected chi connectivity index (χ0v) is 22.1. The third kappa shape index (κ3) is 6.11. The zero-order valence-electron chi connectivity index (χ0n) is 22.1. The standard InChI is InChI=1S/C29H31F4N3O3/c1-17(14-21-4-7-26(23(30)15-21)38-29(31,32)33)28-34-24-16-22(27-18(2)35-39-19(27)3)5-6-25(24)36(28)11-8-20-9-12-37-13-10-20/h4-7,15-17,20H,8-14H2,1-3H3. The third-order valence-electron chi connectivity index (χ3n) is 7.41. The van der Waals surface area contributed by atoms with Crippen LogP contribution in [0.15, 0.2) is 40.9 Å². The van der Waals surface area contributed by atoms with Crippen LogP contribution in [0.2, 0.25) is 0 Å². The molecule has 0 N–H and O–H groups in total. The monoisotopic (exact) mass is 545 g/mol. The molecule has 2 aromatic heterocycles. The molecule has 1 fully saturated rings. The van der Waals surface area contributed by atoms with E-state index in [4.69, 9.17) is 14.2 Å². The number of aromatic nitrogens is 3. The first-order valence-corrected chi connectivity index (χ1v) is 13.1. The Labute approximate surface area is 223 Å².